The van der Waals surface area contributed by atoms with Crippen LogP contribution in [-0.4, -0.2) is 36.1 Å². The molecule has 1 aromatic rings. The van der Waals surface area contributed by atoms with Gasteiger partial charge in [0.25, 0.3) is 5.91 Å². The van der Waals surface area contributed by atoms with Crippen molar-refractivity contribution in [1.29, 1.82) is 0 Å². The summed E-state index contributed by atoms with van der Waals surface area (Å²) < 4.78 is 9.37. The molecule has 0 spiro atoms. The van der Waals surface area contributed by atoms with Crippen molar-refractivity contribution < 1.29 is 28.6 Å². The van der Waals surface area contributed by atoms with E-state index in [2.05, 4.69) is 10.1 Å². The molecule has 7 nitrogen and oxygen atoms in total. The molecule has 2 N–H and O–H groups in total. The molecule has 0 saturated carbocycles. The molecule has 0 fully saturated rings. The maximum Gasteiger partial charge on any atom is 0.326 e. The number of hydrogen-bond acceptors (Lipinski definition) is 5. The van der Waals surface area contributed by atoms with E-state index in [4.69, 9.17) is 9.52 Å². The molecule has 0 radical (unpaired) electrons. The van der Waals surface area contributed by atoms with Gasteiger partial charge in [-0.05, 0) is 19.4 Å². The topological polar surface area (TPSA) is 106 Å². The van der Waals surface area contributed by atoms with E-state index in [-0.39, 0.29) is 18.6 Å². The molecule has 0 unspecified atom stereocenters. The maximum atomic E-state index is 11.8. The summed E-state index contributed by atoms with van der Waals surface area (Å²) in [6.07, 6.45) is 1.20. The van der Waals surface area contributed by atoms with Crippen molar-refractivity contribution in [2.75, 3.05) is 7.11 Å². The number of carbonyl (C=O) groups is 3. The molecule has 0 bridgehead atoms. The molecular formula is C12H15NO6. The largest absolute Gasteiger partial charge is 0.480 e. The number of methoxy groups -OCH3 is 1. The van der Waals surface area contributed by atoms with Gasteiger partial charge in [-0.3, -0.25) is 9.59 Å². The molecule has 1 heterocycles. The Morgan fingerprint density at radius 3 is 2.63 bits per heavy atom. The number of ether oxygens (including phenoxy) is 1. The SMILES string of the molecule is COC(=O)CC[C@H](NC(=O)c1occc1C)C(=O)O. The lowest BCUT2D eigenvalue weighted by atomic mass is 10.1. The van der Waals surface area contributed by atoms with Crippen LogP contribution in [0.2, 0.25) is 0 Å². The molecule has 19 heavy (non-hydrogen) atoms. The van der Waals surface area contributed by atoms with Crippen LogP contribution >= 0.6 is 0 Å². The Hall–Kier alpha value is -2.31. The average Bonchev–Trinajstić information content (AvgIpc) is 2.79. The first kappa shape index (κ1) is 14.7. The number of hydrogen-bond donors (Lipinski definition) is 2. The summed E-state index contributed by atoms with van der Waals surface area (Å²) in [5.74, 6) is -2.32. The van der Waals surface area contributed by atoms with E-state index in [0.29, 0.717) is 5.56 Å². The van der Waals surface area contributed by atoms with E-state index in [1.807, 2.05) is 0 Å². The molecule has 0 saturated heterocycles. The Kier molecular flexibility index (Phi) is 5.11. The summed E-state index contributed by atoms with van der Waals surface area (Å²) in [7, 11) is 1.21. The van der Waals surface area contributed by atoms with Gasteiger partial charge in [-0.25, -0.2) is 4.79 Å². The fourth-order valence-corrected chi connectivity index (χ4v) is 1.45. The lowest BCUT2D eigenvalue weighted by Gasteiger charge is -2.13. The van der Waals surface area contributed by atoms with Crippen LogP contribution in [0.15, 0.2) is 16.7 Å². The van der Waals surface area contributed by atoms with Gasteiger partial charge >= 0.3 is 11.9 Å². The van der Waals surface area contributed by atoms with Crippen molar-refractivity contribution >= 4 is 17.8 Å². The van der Waals surface area contributed by atoms with Gasteiger partial charge in [0.1, 0.15) is 6.04 Å². The average molecular weight is 269 g/mol. The number of aryl methyl sites for hydroxylation is 1. The zero-order valence-electron chi connectivity index (χ0n) is 10.6. The van der Waals surface area contributed by atoms with E-state index in [1.165, 1.54) is 13.4 Å². The van der Waals surface area contributed by atoms with Crippen LogP contribution in [0.3, 0.4) is 0 Å². The van der Waals surface area contributed by atoms with Crippen molar-refractivity contribution in [1.82, 2.24) is 5.32 Å². The van der Waals surface area contributed by atoms with Gasteiger partial charge in [0.05, 0.1) is 13.4 Å². The van der Waals surface area contributed by atoms with Gasteiger partial charge in [-0.2, -0.15) is 0 Å². The first-order chi connectivity index (χ1) is 8.95. The lowest BCUT2D eigenvalue weighted by molar-refractivity contribution is -0.142. The Bertz CT molecular complexity index is 478. The number of aliphatic carboxylic acids is 1. The van der Waals surface area contributed by atoms with Gasteiger partial charge in [-0.1, -0.05) is 0 Å². The van der Waals surface area contributed by atoms with E-state index >= 15 is 0 Å². The minimum absolute atomic E-state index is 0.0481. The minimum atomic E-state index is -1.22. The Morgan fingerprint density at radius 1 is 1.47 bits per heavy atom. The highest BCUT2D eigenvalue weighted by Crippen LogP contribution is 2.09. The summed E-state index contributed by atoms with van der Waals surface area (Å²) in [6, 6.07) is 0.426. The number of rotatable bonds is 6. The van der Waals surface area contributed by atoms with Crippen LogP contribution in [0, 0.1) is 6.92 Å². The predicted molar refractivity (Wildman–Crippen MR) is 63.6 cm³/mol. The molecule has 104 valence electrons. The van der Waals surface area contributed by atoms with Gasteiger partial charge in [0.2, 0.25) is 0 Å². The summed E-state index contributed by atoms with van der Waals surface area (Å²) in [5.41, 5.74) is 0.606. The number of carboxylic acid groups (broad SMARTS) is 1. The monoisotopic (exact) mass is 269 g/mol. The number of esters is 1. The van der Waals surface area contributed by atoms with Crippen LogP contribution in [-0.2, 0) is 14.3 Å². The number of amides is 1. The molecule has 0 aliphatic heterocycles. The molecule has 1 atom stereocenters. The highest BCUT2D eigenvalue weighted by molar-refractivity contribution is 5.95. The van der Waals surface area contributed by atoms with Crippen LogP contribution < -0.4 is 5.32 Å². The van der Waals surface area contributed by atoms with Gasteiger partial charge in [-0.15, -0.1) is 0 Å². The van der Waals surface area contributed by atoms with Crippen LogP contribution in [0.5, 0.6) is 0 Å². The van der Waals surface area contributed by atoms with Crippen molar-refractivity contribution in [2.24, 2.45) is 0 Å². The molecule has 0 aliphatic carbocycles. The minimum Gasteiger partial charge on any atom is -0.480 e. The second-order valence-corrected chi connectivity index (χ2v) is 3.91. The second-order valence-electron chi connectivity index (χ2n) is 3.91. The quantitative estimate of drug-likeness (QED) is 0.737. The molecule has 1 rings (SSSR count). The van der Waals surface area contributed by atoms with Gasteiger partial charge in [0, 0.05) is 12.0 Å². The van der Waals surface area contributed by atoms with Crippen LogP contribution in [0.25, 0.3) is 0 Å². The maximum absolute atomic E-state index is 11.8. The Balaban J connectivity index is 2.64. The van der Waals surface area contributed by atoms with E-state index in [0.717, 1.165) is 0 Å². The first-order valence-electron chi connectivity index (χ1n) is 5.60. The molecule has 7 heteroatoms. The fourth-order valence-electron chi connectivity index (χ4n) is 1.45. The smallest absolute Gasteiger partial charge is 0.326 e. The van der Waals surface area contributed by atoms with Gasteiger partial charge in [0.15, 0.2) is 5.76 Å². The number of furan rings is 1. The van der Waals surface area contributed by atoms with Crippen molar-refractivity contribution in [3.05, 3.63) is 23.7 Å². The molecule has 1 amide bonds. The van der Waals surface area contributed by atoms with Crippen LogP contribution in [0.4, 0.5) is 0 Å². The van der Waals surface area contributed by atoms with E-state index < -0.39 is 23.9 Å². The number of carboxylic acids is 1. The third-order valence-electron chi connectivity index (χ3n) is 2.54. The molecule has 1 aromatic heterocycles. The van der Waals surface area contributed by atoms with E-state index in [1.54, 1.807) is 13.0 Å². The summed E-state index contributed by atoms with van der Waals surface area (Å²) in [5, 5.41) is 11.3. The lowest BCUT2D eigenvalue weighted by Crippen LogP contribution is -2.41. The van der Waals surface area contributed by atoms with Crippen molar-refractivity contribution in [2.45, 2.75) is 25.8 Å². The summed E-state index contributed by atoms with van der Waals surface area (Å²) >= 11 is 0. The van der Waals surface area contributed by atoms with Crippen molar-refractivity contribution in [3.8, 4) is 0 Å². The Morgan fingerprint density at radius 2 is 2.16 bits per heavy atom. The molecule has 0 aromatic carbocycles. The normalized spacial score (nSPS) is 11.7. The predicted octanol–water partition coefficient (Wildman–Crippen LogP) is 0.724. The standard InChI is InChI=1S/C12H15NO6/c1-7-5-6-19-10(7)11(15)13-8(12(16)17)3-4-9(14)18-2/h5-6,8H,3-4H2,1-2H3,(H,13,15)(H,16,17)/t8-/m0/s1. The summed E-state index contributed by atoms with van der Waals surface area (Å²) in [4.78, 5) is 33.7. The zero-order valence-corrected chi connectivity index (χ0v) is 10.6. The highest BCUT2D eigenvalue weighted by Gasteiger charge is 2.23. The molecule has 0 aliphatic rings. The zero-order chi connectivity index (χ0) is 14.4. The van der Waals surface area contributed by atoms with Crippen molar-refractivity contribution in [3.63, 3.8) is 0 Å². The number of carbonyl (C=O) groups excluding carboxylic acids is 2. The third-order valence-corrected chi connectivity index (χ3v) is 2.54. The van der Waals surface area contributed by atoms with E-state index in [9.17, 15) is 14.4 Å². The second kappa shape index (κ2) is 6.58. The fraction of sp³-hybridized carbons (Fsp3) is 0.417. The third kappa shape index (κ3) is 4.13. The summed E-state index contributed by atoms with van der Waals surface area (Å²) in [6.45, 7) is 1.67. The Labute approximate surface area is 109 Å². The number of nitrogens with one attached hydrogen (secondary N) is 1. The molecular weight excluding hydrogens is 254 g/mol. The van der Waals surface area contributed by atoms with Gasteiger partial charge < -0.3 is 19.6 Å². The first-order valence-corrected chi connectivity index (χ1v) is 5.60. The van der Waals surface area contributed by atoms with Crippen LogP contribution in [0.1, 0.15) is 29.0 Å². The highest BCUT2D eigenvalue weighted by atomic mass is 16.5.